The standard InChI is InChI=1S/C12H16N2O4S/c1-9(15)2-7-12(16)14-8-10-3-5-11(6-4-10)19(13,17)18/h3-6H,2,7-8H2,1H3,(H,14,16)(H2,13,17,18). The first kappa shape index (κ1) is 15.3. The monoisotopic (exact) mass is 284 g/mol. The summed E-state index contributed by atoms with van der Waals surface area (Å²) in [7, 11) is -3.69. The maximum absolute atomic E-state index is 11.4. The summed E-state index contributed by atoms with van der Waals surface area (Å²) in [5.41, 5.74) is 0.753. The number of Topliss-reactive ketones (excluding diaryl/α,β-unsaturated/α-hetero) is 1. The molecule has 0 radical (unpaired) electrons. The van der Waals surface area contributed by atoms with E-state index in [9.17, 15) is 18.0 Å². The number of ketones is 1. The molecule has 0 heterocycles. The summed E-state index contributed by atoms with van der Waals surface area (Å²) < 4.78 is 22.1. The minimum absolute atomic E-state index is 0.0270. The SMILES string of the molecule is CC(=O)CCC(=O)NCc1ccc(S(N)(=O)=O)cc1. The van der Waals surface area contributed by atoms with Crippen molar-refractivity contribution in [3.63, 3.8) is 0 Å². The Morgan fingerprint density at radius 3 is 2.21 bits per heavy atom. The highest BCUT2D eigenvalue weighted by molar-refractivity contribution is 7.89. The van der Waals surface area contributed by atoms with Crippen LogP contribution in [0.1, 0.15) is 25.3 Å². The predicted octanol–water partition coefficient (Wildman–Crippen LogP) is 0.319. The summed E-state index contributed by atoms with van der Waals surface area (Å²) in [6, 6.07) is 5.91. The van der Waals surface area contributed by atoms with Crippen LogP contribution in [0.2, 0.25) is 0 Å². The number of carbonyl (C=O) groups is 2. The molecule has 0 aliphatic rings. The third kappa shape index (κ3) is 5.62. The van der Waals surface area contributed by atoms with Crippen LogP contribution >= 0.6 is 0 Å². The zero-order valence-electron chi connectivity index (χ0n) is 10.5. The first-order valence-electron chi connectivity index (χ1n) is 5.67. The number of hydrogen-bond acceptors (Lipinski definition) is 4. The Bertz CT molecular complexity index is 564. The van der Waals surface area contributed by atoms with Gasteiger partial charge in [-0.05, 0) is 24.6 Å². The summed E-state index contributed by atoms with van der Waals surface area (Å²) in [5, 5.41) is 7.61. The van der Waals surface area contributed by atoms with Gasteiger partial charge in [0.15, 0.2) is 0 Å². The molecule has 0 aliphatic carbocycles. The number of primary sulfonamides is 1. The van der Waals surface area contributed by atoms with Gasteiger partial charge in [0.25, 0.3) is 0 Å². The number of sulfonamides is 1. The molecular weight excluding hydrogens is 268 g/mol. The topological polar surface area (TPSA) is 106 Å². The fraction of sp³-hybridized carbons (Fsp3) is 0.333. The van der Waals surface area contributed by atoms with E-state index in [2.05, 4.69) is 5.32 Å². The largest absolute Gasteiger partial charge is 0.352 e. The van der Waals surface area contributed by atoms with E-state index in [-0.39, 0.29) is 36.0 Å². The van der Waals surface area contributed by atoms with Crippen molar-refractivity contribution in [2.75, 3.05) is 0 Å². The Morgan fingerprint density at radius 2 is 1.74 bits per heavy atom. The Labute approximate surface area is 112 Å². The van der Waals surface area contributed by atoms with Crippen molar-refractivity contribution in [3.05, 3.63) is 29.8 Å². The van der Waals surface area contributed by atoms with Gasteiger partial charge in [-0.15, -0.1) is 0 Å². The van der Waals surface area contributed by atoms with Crippen LogP contribution in [0.15, 0.2) is 29.2 Å². The Morgan fingerprint density at radius 1 is 1.16 bits per heavy atom. The molecule has 0 aromatic heterocycles. The lowest BCUT2D eigenvalue weighted by molar-refractivity contribution is -0.124. The molecule has 0 saturated heterocycles. The van der Waals surface area contributed by atoms with Crippen molar-refractivity contribution < 1.29 is 18.0 Å². The van der Waals surface area contributed by atoms with Crippen LogP contribution in [0.5, 0.6) is 0 Å². The van der Waals surface area contributed by atoms with Crippen LogP contribution in [0.4, 0.5) is 0 Å². The smallest absolute Gasteiger partial charge is 0.238 e. The highest BCUT2D eigenvalue weighted by atomic mass is 32.2. The molecule has 0 aliphatic heterocycles. The molecule has 0 fully saturated rings. The van der Waals surface area contributed by atoms with Crippen molar-refractivity contribution in [3.8, 4) is 0 Å². The van der Waals surface area contributed by atoms with Crippen LogP contribution in [-0.4, -0.2) is 20.1 Å². The number of carbonyl (C=O) groups excluding carboxylic acids is 2. The van der Waals surface area contributed by atoms with Crippen molar-refractivity contribution >= 4 is 21.7 Å². The van der Waals surface area contributed by atoms with Gasteiger partial charge in [-0.3, -0.25) is 4.79 Å². The summed E-state index contributed by atoms with van der Waals surface area (Å²) in [4.78, 5) is 22.1. The predicted molar refractivity (Wildman–Crippen MR) is 69.6 cm³/mol. The van der Waals surface area contributed by atoms with Gasteiger partial charge in [0, 0.05) is 19.4 Å². The summed E-state index contributed by atoms with van der Waals surface area (Å²) in [6.07, 6.45) is 0.376. The second kappa shape index (κ2) is 6.44. The van der Waals surface area contributed by atoms with Gasteiger partial charge in [-0.2, -0.15) is 0 Å². The molecule has 0 saturated carbocycles. The van der Waals surface area contributed by atoms with E-state index in [1.807, 2.05) is 0 Å². The Hall–Kier alpha value is -1.73. The number of benzene rings is 1. The molecule has 6 nitrogen and oxygen atoms in total. The maximum atomic E-state index is 11.4. The van der Waals surface area contributed by atoms with Crippen LogP contribution < -0.4 is 10.5 Å². The molecule has 3 N–H and O–H groups in total. The highest BCUT2D eigenvalue weighted by Gasteiger charge is 2.07. The number of hydrogen-bond donors (Lipinski definition) is 2. The molecule has 1 amide bonds. The quantitative estimate of drug-likeness (QED) is 0.784. The van der Waals surface area contributed by atoms with Gasteiger partial charge < -0.3 is 10.1 Å². The lowest BCUT2D eigenvalue weighted by Crippen LogP contribution is -2.23. The fourth-order valence-corrected chi connectivity index (χ4v) is 1.89. The molecule has 104 valence electrons. The molecule has 19 heavy (non-hydrogen) atoms. The average Bonchev–Trinajstić information content (AvgIpc) is 2.33. The summed E-state index contributed by atoms with van der Waals surface area (Å²) in [5.74, 6) is -0.252. The first-order chi connectivity index (χ1) is 8.79. The molecule has 0 bridgehead atoms. The molecule has 0 spiro atoms. The maximum Gasteiger partial charge on any atom is 0.238 e. The van der Waals surface area contributed by atoms with E-state index in [0.29, 0.717) is 0 Å². The van der Waals surface area contributed by atoms with Gasteiger partial charge in [0.2, 0.25) is 15.9 Å². The summed E-state index contributed by atoms with van der Waals surface area (Å²) >= 11 is 0. The van der Waals surface area contributed by atoms with Gasteiger partial charge in [0.1, 0.15) is 5.78 Å². The van der Waals surface area contributed by atoms with Gasteiger partial charge >= 0.3 is 0 Å². The third-order valence-electron chi connectivity index (χ3n) is 2.45. The van der Waals surface area contributed by atoms with Gasteiger partial charge in [-0.25, -0.2) is 13.6 Å². The van der Waals surface area contributed by atoms with Gasteiger partial charge in [-0.1, -0.05) is 12.1 Å². The molecule has 7 heteroatoms. The van der Waals surface area contributed by atoms with Crippen molar-refractivity contribution in [1.29, 1.82) is 0 Å². The molecule has 0 atom stereocenters. The third-order valence-corrected chi connectivity index (χ3v) is 3.37. The van der Waals surface area contributed by atoms with Crippen molar-refractivity contribution in [1.82, 2.24) is 5.32 Å². The minimum atomic E-state index is -3.69. The zero-order chi connectivity index (χ0) is 14.5. The van der Waals surface area contributed by atoms with Crippen LogP contribution in [0.3, 0.4) is 0 Å². The number of amides is 1. The molecule has 1 aromatic rings. The van der Waals surface area contributed by atoms with E-state index in [4.69, 9.17) is 5.14 Å². The zero-order valence-corrected chi connectivity index (χ0v) is 11.4. The minimum Gasteiger partial charge on any atom is -0.352 e. The van der Waals surface area contributed by atoms with Crippen molar-refractivity contribution in [2.24, 2.45) is 5.14 Å². The van der Waals surface area contributed by atoms with E-state index < -0.39 is 10.0 Å². The first-order valence-corrected chi connectivity index (χ1v) is 7.21. The van der Waals surface area contributed by atoms with E-state index >= 15 is 0 Å². The number of nitrogens with one attached hydrogen (secondary N) is 1. The summed E-state index contributed by atoms with van der Waals surface area (Å²) in [6.45, 7) is 1.71. The lowest BCUT2D eigenvalue weighted by Gasteiger charge is -2.05. The lowest BCUT2D eigenvalue weighted by atomic mass is 10.2. The Balaban J connectivity index is 2.51. The molecule has 1 rings (SSSR count). The normalized spacial score (nSPS) is 11.1. The number of rotatable bonds is 6. The molecular formula is C12H16N2O4S. The van der Waals surface area contributed by atoms with Crippen molar-refractivity contribution in [2.45, 2.75) is 31.2 Å². The van der Waals surface area contributed by atoms with E-state index in [1.165, 1.54) is 19.1 Å². The number of nitrogens with two attached hydrogens (primary N) is 1. The highest BCUT2D eigenvalue weighted by Crippen LogP contribution is 2.08. The van der Waals surface area contributed by atoms with Crippen LogP contribution in [0, 0.1) is 0 Å². The van der Waals surface area contributed by atoms with E-state index in [1.54, 1.807) is 12.1 Å². The fourth-order valence-electron chi connectivity index (χ4n) is 1.38. The van der Waals surface area contributed by atoms with E-state index in [0.717, 1.165) is 5.56 Å². The van der Waals surface area contributed by atoms with Gasteiger partial charge in [0.05, 0.1) is 4.90 Å². The van der Waals surface area contributed by atoms with Crippen LogP contribution in [0.25, 0.3) is 0 Å². The molecule has 0 unspecified atom stereocenters. The van der Waals surface area contributed by atoms with Crippen LogP contribution in [-0.2, 0) is 26.2 Å². The molecule has 1 aromatic carbocycles. The second-order valence-corrected chi connectivity index (χ2v) is 5.73. The average molecular weight is 284 g/mol. The second-order valence-electron chi connectivity index (χ2n) is 4.17. The Kier molecular flexibility index (Phi) is 5.20.